The standard InChI is InChI=1S/C29H38F3N5O3/c1-3-21-5-7-26(22(4-2)19-21)35-15-17-36(18-16-35)28(38)11-14-34-12-9-23(10-13-34)33-24-6-8-27(37(39)40)25(20-24)29(30,31)32/h5-8,19-20,23,33H,3-4,9-18H2,1-2H3. The van der Waals surface area contributed by atoms with Crippen molar-refractivity contribution in [3.63, 3.8) is 0 Å². The first-order chi connectivity index (χ1) is 19.1. The summed E-state index contributed by atoms with van der Waals surface area (Å²) in [6, 6.07) is 9.68. The Morgan fingerprint density at radius 3 is 2.30 bits per heavy atom. The number of piperidine rings is 1. The molecule has 0 aromatic heterocycles. The number of aryl methyl sites for hydroxylation is 2. The van der Waals surface area contributed by atoms with Gasteiger partial charge >= 0.3 is 6.18 Å². The molecule has 2 heterocycles. The fraction of sp³-hybridized carbons (Fsp3) is 0.552. The Hall–Kier alpha value is -3.34. The second kappa shape index (κ2) is 12.9. The molecule has 0 bridgehead atoms. The molecule has 2 aromatic carbocycles. The summed E-state index contributed by atoms with van der Waals surface area (Å²) in [6.45, 7) is 9.50. The summed E-state index contributed by atoms with van der Waals surface area (Å²) in [4.78, 5) is 29.4. The zero-order chi connectivity index (χ0) is 28.9. The van der Waals surface area contributed by atoms with Crippen LogP contribution >= 0.6 is 0 Å². The lowest BCUT2D eigenvalue weighted by atomic mass is 10.0. The number of benzene rings is 2. The van der Waals surface area contributed by atoms with Gasteiger partial charge in [0.15, 0.2) is 0 Å². The first-order valence-corrected chi connectivity index (χ1v) is 14.1. The number of anilines is 2. The number of amides is 1. The first kappa shape index (κ1) is 29.6. The molecule has 1 N–H and O–H groups in total. The van der Waals surface area contributed by atoms with Gasteiger partial charge < -0.3 is 20.0 Å². The van der Waals surface area contributed by atoms with Gasteiger partial charge in [-0.1, -0.05) is 26.0 Å². The predicted octanol–water partition coefficient (Wildman–Crippen LogP) is 5.35. The van der Waals surface area contributed by atoms with Crippen molar-refractivity contribution in [1.82, 2.24) is 9.80 Å². The third kappa shape index (κ3) is 7.24. The molecule has 0 unspecified atom stereocenters. The summed E-state index contributed by atoms with van der Waals surface area (Å²) >= 11 is 0. The Morgan fingerprint density at radius 2 is 1.70 bits per heavy atom. The average molecular weight is 562 g/mol. The van der Waals surface area contributed by atoms with Crippen LogP contribution in [0.25, 0.3) is 0 Å². The molecule has 8 nitrogen and oxygen atoms in total. The smallest absolute Gasteiger partial charge is 0.382 e. The van der Waals surface area contributed by atoms with Gasteiger partial charge in [0.1, 0.15) is 5.56 Å². The number of alkyl halides is 3. The molecule has 2 aliphatic heterocycles. The number of hydrogen-bond acceptors (Lipinski definition) is 6. The van der Waals surface area contributed by atoms with Gasteiger partial charge in [-0.15, -0.1) is 0 Å². The molecule has 11 heteroatoms. The van der Waals surface area contributed by atoms with E-state index in [0.717, 1.165) is 51.2 Å². The van der Waals surface area contributed by atoms with Crippen LogP contribution in [0.3, 0.4) is 0 Å². The highest BCUT2D eigenvalue weighted by Gasteiger charge is 2.38. The van der Waals surface area contributed by atoms with E-state index < -0.39 is 22.4 Å². The van der Waals surface area contributed by atoms with E-state index in [1.807, 2.05) is 4.90 Å². The zero-order valence-corrected chi connectivity index (χ0v) is 23.2. The van der Waals surface area contributed by atoms with Crippen molar-refractivity contribution < 1.29 is 22.9 Å². The van der Waals surface area contributed by atoms with Gasteiger partial charge in [-0.2, -0.15) is 13.2 Å². The number of nitro benzene ring substituents is 1. The van der Waals surface area contributed by atoms with E-state index in [0.29, 0.717) is 38.9 Å². The van der Waals surface area contributed by atoms with Gasteiger partial charge in [0, 0.05) is 75.7 Å². The molecule has 4 rings (SSSR count). The van der Waals surface area contributed by atoms with Crippen LogP contribution in [0.15, 0.2) is 36.4 Å². The molecule has 2 aliphatic rings. The molecule has 218 valence electrons. The van der Waals surface area contributed by atoms with Crippen molar-refractivity contribution >= 4 is 23.0 Å². The maximum absolute atomic E-state index is 13.3. The van der Waals surface area contributed by atoms with Crippen LogP contribution in [-0.2, 0) is 23.8 Å². The Kier molecular flexibility index (Phi) is 9.55. The second-order valence-electron chi connectivity index (χ2n) is 10.5. The summed E-state index contributed by atoms with van der Waals surface area (Å²) in [5, 5.41) is 14.1. The summed E-state index contributed by atoms with van der Waals surface area (Å²) < 4.78 is 39.9. The fourth-order valence-electron chi connectivity index (χ4n) is 5.61. The minimum atomic E-state index is -4.80. The van der Waals surface area contributed by atoms with Crippen LogP contribution in [0.4, 0.5) is 30.2 Å². The second-order valence-corrected chi connectivity index (χ2v) is 10.5. The molecule has 0 spiro atoms. The SMILES string of the molecule is CCc1ccc(N2CCN(C(=O)CCN3CCC(Nc4ccc([N+](=O)[O-])c(C(F)(F)F)c4)CC3)CC2)c(CC)c1. The lowest BCUT2D eigenvalue weighted by Gasteiger charge is -2.38. The molecular formula is C29H38F3N5O3. The molecule has 2 fully saturated rings. The molecule has 0 saturated carbocycles. The van der Waals surface area contributed by atoms with E-state index in [1.165, 1.54) is 22.9 Å². The Balaban J connectivity index is 1.21. The monoisotopic (exact) mass is 561 g/mol. The van der Waals surface area contributed by atoms with Gasteiger partial charge in [-0.05, 0) is 55.0 Å². The van der Waals surface area contributed by atoms with E-state index in [9.17, 15) is 28.1 Å². The van der Waals surface area contributed by atoms with Gasteiger partial charge in [0.05, 0.1) is 4.92 Å². The van der Waals surface area contributed by atoms with Crippen molar-refractivity contribution in [2.45, 2.75) is 58.2 Å². The molecule has 1 amide bonds. The number of hydrogen-bond donors (Lipinski definition) is 1. The maximum Gasteiger partial charge on any atom is 0.423 e. The summed E-state index contributed by atoms with van der Waals surface area (Å²) in [5.74, 6) is 0.155. The predicted molar refractivity (Wildman–Crippen MR) is 150 cm³/mol. The van der Waals surface area contributed by atoms with Crippen LogP contribution in [0.2, 0.25) is 0 Å². The largest absolute Gasteiger partial charge is 0.423 e. The highest BCUT2D eigenvalue weighted by molar-refractivity contribution is 5.76. The number of piperazine rings is 1. The summed E-state index contributed by atoms with van der Waals surface area (Å²) in [5.41, 5.74) is 1.99. The van der Waals surface area contributed by atoms with Gasteiger partial charge in [0.2, 0.25) is 5.91 Å². The summed E-state index contributed by atoms with van der Waals surface area (Å²) in [6.07, 6.45) is -0.935. The van der Waals surface area contributed by atoms with Crippen LogP contribution in [0, 0.1) is 10.1 Å². The minimum absolute atomic E-state index is 0.0398. The third-order valence-electron chi connectivity index (χ3n) is 8.01. The molecule has 2 aromatic rings. The lowest BCUT2D eigenvalue weighted by molar-refractivity contribution is -0.388. The molecule has 2 saturated heterocycles. The quantitative estimate of drug-likeness (QED) is 0.328. The molecule has 0 radical (unpaired) electrons. The third-order valence-corrected chi connectivity index (χ3v) is 8.01. The van der Waals surface area contributed by atoms with Crippen molar-refractivity contribution in [1.29, 1.82) is 0 Å². The average Bonchev–Trinajstić information content (AvgIpc) is 2.95. The van der Waals surface area contributed by atoms with E-state index in [1.54, 1.807) is 0 Å². The molecule has 40 heavy (non-hydrogen) atoms. The molecular weight excluding hydrogens is 523 g/mol. The van der Waals surface area contributed by atoms with Gasteiger partial charge in [-0.25, -0.2) is 0 Å². The number of nitrogens with one attached hydrogen (secondary N) is 1. The minimum Gasteiger partial charge on any atom is -0.382 e. The number of likely N-dealkylation sites (tertiary alicyclic amines) is 1. The Morgan fingerprint density at radius 1 is 1.00 bits per heavy atom. The van der Waals surface area contributed by atoms with Crippen LogP contribution < -0.4 is 10.2 Å². The van der Waals surface area contributed by atoms with Crippen molar-refractivity contribution in [2.24, 2.45) is 0 Å². The summed E-state index contributed by atoms with van der Waals surface area (Å²) in [7, 11) is 0. The van der Waals surface area contributed by atoms with E-state index in [2.05, 4.69) is 47.2 Å². The normalized spacial score (nSPS) is 17.2. The topological polar surface area (TPSA) is 82.0 Å². The highest BCUT2D eigenvalue weighted by Crippen LogP contribution is 2.38. The van der Waals surface area contributed by atoms with Gasteiger partial charge in [0.25, 0.3) is 5.69 Å². The number of rotatable bonds is 9. The number of nitrogens with zero attached hydrogens (tertiary/aromatic N) is 4. The Bertz CT molecular complexity index is 1190. The Labute approximate surface area is 233 Å². The maximum atomic E-state index is 13.3. The first-order valence-electron chi connectivity index (χ1n) is 14.1. The fourth-order valence-corrected chi connectivity index (χ4v) is 5.61. The van der Waals surface area contributed by atoms with Crippen molar-refractivity contribution in [3.8, 4) is 0 Å². The number of carbonyl (C=O) groups excluding carboxylic acids is 1. The number of nitro groups is 1. The van der Waals surface area contributed by atoms with Gasteiger partial charge in [-0.3, -0.25) is 14.9 Å². The van der Waals surface area contributed by atoms with Crippen LogP contribution in [0.1, 0.15) is 49.8 Å². The van der Waals surface area contributed by atoms with E-state index >= 15 is 0 Å². The van der Waals surface area contributed by atoms with Crippen molar-refractivity contribution in [3.05, 3.63) is 63.2 Å². The number of carbonyl (C=O) groups is 1. The lowest BCUT2D eigenvalue weighted by Crippen LogP contribution is -2.49. The van der Waals surface area contributed by atoms with E-state index in [-0.39, 0.29) is 17.6 Å². The van der Waals surface area contributed by atoms with Crippen molar-refractivity contribution in [2.75, 3.05) is 56.0 Å². The van der Waals surface area contributed by atoms with Crippen LogP contribution in [-0.4, -0.2) is 72.5 Å². The number of halogens is 3. The molecule has 0 aliphatic carbocycles. The van der Waals surface area contributed by atoms with E-state index in [4.69, 9.17) is 0 Å². The highest BCUT2D eigenvalue weighted by atomic mass is 19.4. The van der Waals surface area contributed by atoms with Crippen LogP contribution in [0.5, 0.6) is 0 Å². The molecule has 0 atom stereocenters. The zero-order valence-electron chi connectivity index (χ0n) is 23.2.